The van der Waals surface area contributed by atoms with Gasteiger partial charge >= 0.3 is 11.9 Å². The van der Waals surface area contributed by atoms with Crippen LogP contribution in [0.2, 0.25) is 0 Å². The maximum Gasteiger partial charge on any atom is 0.379 e. The summed E-state index contributed by atoms with van der Waals surface area (Å²) in [6.45, 7) is 2.80. The first-order valence-electron chi connectivity index (χ1n) is 10.3. The highest BCUT2D eigenvalue weighted by Crippen LogP contribution is 2.48. The highest BCUT2D eigenvalue weighted by molar-refractivity contribution is 6.43. The van der Waals surface area contributed by atoms with Crippen molar-refractivity contribution in [3.05, 3.63) is 53.6 Å². The number of benzene rings is 2. The number of methoxy groups -OCH3 is 2. The van der Waals surface area contributed by atoms with E-state index < -0.39 is 35.0 Å². The van der Waals surface area contributed by atoms with E-state index in [9.17, 15) is 19.2 Å². The third kappa shape index (κ3) is 4.02. The van der Waals surface area contributed by atoms with Crippen molar-refractivity contribution < 1.29 is 42.9 Å². The topological polar surface area (TPSA) is 114 Å². The molecule has 0 unspecified atom stereocenters. The van der Waals surface area contributed by atoms with Crippen LogP contribution in [0.4, 0.5) is 0 Å². The van der Waals surface area contributed by atoms with Crippen LogP contribution in [-0.2, 0) is 23.9 Å². The van der Waals surface area contributed by atoms with Crippen LogP contribution in [0.3, 0.4) is 0 Å². The summed E-state index contributed by atoms with van der Waals surface area (Å²) in [6, 6.07) is 10.9. The first-order chi connectivity index (χ1) is 15.8. The van der Waals surface area contributed by atoms with Gasteiger partial charge in [0.05, 0.1) is 27.4 Å². The molecule has 174 valence electrons. The molecular formula is C24H24O9. The monoisotopic (exact) mass is 456 g/mol. The summed E-state index contributed by atoms with van der Waals surface area (Å²) in [5.41, 5.74) is -2.37. The fraction of sp³-hybridized carbons (Fsp3) is 0.333. The number of hydrogen-bond acceptors (Lipinski definition) is 9. The minimum atomic E-state index is -2.65. The standard InChI is InChI=1S/C24H24O9/c1-5-31-22(27)21(26)24(23(28)32-6-2)19(14-10-8-7-9-11-14)20(25)18-16(30-4)12-15(29-3)13-17(18)33-24/h7-13,19H,5-6H2,1-4H3/t19-,24+/m1/s1. The molecular weight excluding hydrogens is 432 g/mol. The van der Waals surface area contributed by atoms with Crippen LogP contribution in [0.5, 0.6) is 17.2 Å². The highest BCUT2D eigenvalue weighted by atomic mass is 16.6. The smallest absolute Gasteiger partial charge is 0.379 e. The van der Waals surface area contributed by atoms with Gasteiger partial charge in [-0.1, -0.05) is 30.3 Å². The molecule has 9 nitrogen and oxygen atoms in total. The number of rotatable bonds is 8. The van der Waals surface area contributed by atoms with Crippen molar-refractivity contribution in [2.75, 3.05) is 27.4 Å². The van der Waals surface area contributed by atoms with Crippen molar-refractivity contribution in [2.24, 2.45) is 0 Å². The molecule has 0 N–H and O–H groups in total. The van der Waals surface area contributed by atoms with Crippen LogP contribution in [-0.4, -0.2) is 56.5 Å². The summed E-state index contributed by atoms with van der Waals surface area (Å²) in [6.07, 6.45) is 0. The molecule has 0 amide bonds. The van der Waals surface area contributed by atoms with Gasteiger partial charge < -0.3 is 23.7 Å². The third-order valence-corrected chi connectivity index (χ3v) is 5.19. The molecule has 3 rings (SSSR count). The van der Waals surface area contributed by atoms with Crippen LogP contribution in [0, 0.1) is 0 Å². The fourth-order valence-corrected chi connectivity index (χ4v) is 3.78. The van der Waals surface area contributed by atoms with E-state index in [4.69, 9.17) is 23.7 Å². The van der Waals surface area contributed by atoms with Gasteiger partial charge in [-0.15, -0.1) is 0 Å². The van der Waals surface area contributed by atoms with Crippen molar-refractivity contribution in [2.45, 2.75) is 25.4 Å². The molecule has 0 fully saturated rings. The quantitative estimate of drug-likeness (QED) is 0.336. The largest absolute Gasteiger partial charge is 0.496 e. The van der Waals surface area contributed by atoms with Crippen LogP contribution in [0.15, 0.2) is 42.5 Å². The number of carbonyl (C=O) groups is 4. The van der Waals surface area contributed by atoms with Gasteiger partial charge in [0.25, 0.3) is 11.4 Å². The van der Waals surface area contributed by atoms with Gasteiger partial charge in [0.2, 0.25) is 0 Å². The van der Waals surface area contributed by atoms with Crippen molar-refractivity contribution in [3.63, 3.8) is 0 Å². The van der Waals surface area contributed by atoms with Gasteiger partial charge in [-0.2, -0.15) is 0 Å². The number of ketones is 2. The van der Waals surface area contributed by atoms with Crippen molar-refractivity contribution in [1.82, 2.24) is 0 Å². The molecule has 0 saturated carbocycles. The molecule has 2 atom stereocenters. The van der Waals surface area contributed by atoms with Crippen molar-refractivity contribution in [3.8, 4) is 17.2 Å². The first kappa shape index (κ1) is 23.8. The molecule has 1 aliphatic rings. The van der Waals surface area contributed by atoms with Crippen LogP contribution < -0.4 is 14.2 Å². The number of esters is 2. The van der Waals surface area contributed by atoms with E-state index in [0.717, 1.165) is 0 Å². The van der Waals surface area contributed by atoms with Crippen LogP contribution in [0.25, 0.3) is 0 Å². The molecule has 2 aromatic carbocycles. The van der Waals surface area contributed by atoms with Gasteiger partial charge in [0, 0.05) is 12.1 Å². The SMILES string of the molecule is CCOC(=O)C(=O)[C@@]1(C(=O)OCC)Oc2cc(OC)cc(OC)c2C(=O)[C@H]1c1ccccc1. The summed E-state index contributed by atoms with van der Waals surface area (Å²) in [5.74, 6) is -5.84. The minimum absolute atomic E-state index is 0.00346. The molecule has 9 heteroatoms. The van der Waals surface area contributed by atoms with E-state index in [1.54, 1.807) is 30.3 Å². The molecule has 0 saturated heterocycles. The van der Waals surface area contributed by atoms with Crippen LogP contribution >= 0.6 is 0 Å². The number of fused-ring (bicyclic) bond motifs is 1. The number of Topliss-reactive ketones (excluding diaryl/α,β-unsaturated/α-hetero) is 2. The predicted octanol–water partition coefficient (Wildman–Crippen LogP) is 2.50. The summed E-state index contributed by atoms with van der Waals surface area (Å²) in [4.78, 5) is 53.3. The van der Waals surface area contributed by atoms with Crippen molar-refractivity contribution >= 4 is 23.5 Å². The average molecular weight is 456 g/mol. The Morgan fingerprint density at radius 1 is 0.970 bits per heavy atom. The lowest BCUT2D eigenvalue weighted by Crippen LogP contribution is -2.63. The average Bonchev–Trinajstić information content (AvgIpc) is 2.83. The maximum absolute atomic E-state index is 13.9. The molecule has 33 heavy (non-hydrogen) atoms. The second-order valence-corrected chi connectivity index (χ2v) is 7.02. The van der Waals surface area contributed by atoms with Gasteiger partial charge in [-0.3, -0.25) is 9.59 Å². The molecule has 1 heterocycles. The number of carbonyl (C=O) groups excluding carboxylic acids is 4. The molecule has 0 aliphatic carbocycles. The zero-order chi connectivity index (χ0) is 24.2. The summed E-state index contributed by atoms with van der Waals surface area (Å²) < 4.78 is 26.6. The summed E-state index contributed by atoms with van der Waals surface area (Å²) >= 11 is 0. The second kappa shape index (κ2) is 9.72. The Morgan fingerprint density at radius 2 is 1.64 bits per heavy atom. The Kier molecular flexibility index (Phi) is 7.01. The van der Waals surface area contributed by atoms with E-state index in [-0.39, 0.29) is 41.6 Å². The van der Waals surface area contributed by atoms with E-state index in [1.165, 1.54) is 40.2 Å². The fourth-order valence-electron chi connectivity index (χ4n) is 3.78. The Bertz CT molecular complexity index is 1080. The Morgan fingerprint density at radius 3 is 2.21 bits per heavy atom. The zero-order valence-corrected chi connectivity index (χ0v) is 18.7. The summed E-state index contributed by atoms with van der Waals surface area (Å²) in [7, 11) is 2.75. The van der Waals surface area contributed by atoms with Crippen molar-refractivity contribution in [1.29, 1.82) is 0 Å². The lowest BCUT2D eigenvalue weighted by molar-refractivity contribution is -0.176. The molecule has 0 aromatic heterocycles. The van der Waals surface area contributed by atoms with E-state index in [0.29, 0.717) is 0 Å². The van der Waals surface area contributed by atoms with E-state index >= 15 is 0 Å². The molecule has 0 radical (unpaired) electrons. The Labute approximate surface area is 190 Å². The van der Waals surface area contributed by atoms with Gasteiger partial charge in [0.15, 0.2) is 5.78 Å². The highest BCUT2D eigenvalue weighted by Gasteiger charge is 2.65. The lowest BCUT2D eigenvalue weighted by Gasteiger charge is -2.40. The zero-order valence-electron chi connectivity index (χ0n) is 18.7. The Balaban J connectivity index is 2.37. The summed E-state index contributed by atoms with van der Waals surface area (Å²) in [5, 5.41) is 0. The normalized spacial score (nSPS) is 19.0. The minimum Gasteiger partial charge on any atom is -0.496 e. The van der Waals surface area contributed by atoms with Gasteiger partial charge in [-0.05, 0) is 19.4 Å². The predicted molar refractivity (Wildman–Crippen MR) is 115 cm³/mol. The van der Waals surface area contributed by atoms with Gasteiger partial charge in [-0.25, -0.2) is 9.59 Å². The Hall–Kier alpha value is -3.88. The molecule has 0 bridgehead atoms. The van der Waals surface area contributed by atoms with E-state index in [2.05, 4.69) is 0 Å². The molecule has 0 spiro atoms. The van der Waals surface area contributed by atoms with E-state index in [1.807, 2.05) is 0 Å². The molecule has 1 aliphatic heterocycles. The van der Waals surface area contributed by atoms with Gasteiger partial charge in [0.1, 0.15) is 28.7 Å². The molecule has 2 aromatic rings. The first-order valence-corrected chi connectivity index (χ1v) is 10.3. The second-order valence-electron chi connectivity index (χ2n) is 7.02. The number of ether oxygens (including phenoxy) is 5. The lowest BCUT2D eigenvalue weighted by atomic mass is 9.72. The maximum atomic E-state index is 13.9. The van der Waals surface area contributed by atoms with Crippen LogP contribution in [0.1, 0.15) is 35.7 Å². The third-order valence-electron chi connectivity index (χ3n) is 5.19. The number of hydrogen-bond donors (Lipinski definition) is 0.